The standard InChI is InChI=1S/C11H16N2O/c1-13(2)11-5-6-12-10-7-8(14)3-4-9(10)11/h3-4,7,11-12,14H,5-6H2,1-2H3. The molecule has 0 fully saturated rings. The van der Waals surface area contributed by atoms with E-state index in [0.29, 0.717) is 11.8 Å². The van der Waals surface area contributed by atoms with E-state index in [1.807, 2.05) is 6.07 Å². The molecular formula is C11H16N2O. The molecule has 2 rings (SSSR count). The second kappa shape index (κ2) is 3.50. The third-order valence-electron chi connectivity index (χ3n) is 2.75. The van der Waals surface area contributed by atoms with Crippen LogP contribution in [-0.4, -0.2) is 30.6 Å². The van der Waals surface area contributed by atoms with Gasteiger partial charge in [0.25, 0.3) is 0 Å². The molecule has 1 unspecified atom stereocenters. The molecule has 14 heavy (non-hydrogen) atoms. The number of phenols is 1. The van der Waals surface area contributed by atoms with Gasteiger partial charge >= 0.3 is 0 Å². The van der Waals surface area contributed by atoms with Crippen molar-refractivity contribution in [2.24, 2.45) is 0 Å². The smallest absolute Gasteiger partial charge is 0.117 e. The van der Waals surface area contributed by atoms with Crippen LogP contribution in [0.4, 0.5) is 5.69 Å². The van der Waals surface area contributed by atoms with E-state index < -0.39 is 0 Å². The first kappa shape index (κ1) is 9.34. The minimum absolute atomic E-state index is 0.329. The number of aromatic hydroxyl groups is 1. The second-order valence-electron chi connectivity index (χ2n) is 3.97. The van der Waals surface area contributed by atoms with Gasteiger partial charge in [-0.3, -0.25) is 0 Å². The van der Waals surface area contributed by atoms with Crippen molar-refractivity contribution in [2.75, 3.05) is 26.0 Å². The first-order valence-corrected chi connectivity index (χ1v) is 4.91. The van der Waals surface area contributed by atoms with Crippen LogP contribution in [0, 0.1) is 0 Å². The molecule has 1 heterocycles. The topological polar surface area (TPSA) is 35.5 Å². The van der Waals surface area contributed by atoms with E-state index in [9.17, 15) is 5.11 Å². The minimum atomic E-state index is 0.329. The number of phenolic OH excluding ortho intramolecular Hbond substituents is 1. The average molecular weight is 192 g/mol. The second-order valence-corrected chi connectivity index (χ2v) is 3.97. The average Bonchev–Trinajstić information content (AvgIpc) is 2.16. The number of hydrogen-bond donors (Lipinski definition) is 2. The third-order valence-corrected chi connectivity index (χ3v) is 2.75. The van der Waals surface area contributed by atoms with Gasteiger partial charge in [-0.25, -0.2) is 0 Å². The molecule has 0 amide bonds. The highest BCUT2D eigenvalue weighted by atomic mass is 16.3. The number of fused-ring (bicyclic) bond motifs is 1. The molecule has 1 aromatic rings. The summed E-state index contributed by atoms with van der Waals surface area (Å²) < 4.78 is 0. The van der Waals surface area contributed by atoms with E-state index in [1.165, 1.54) is 5.56 Å². The normalized spacial score (nSPS) is 20.4. The van der Waals surface area contributed by atoms with Crippen molar-refractivity contribution < 1.29 is 5.11 Å². The van der Waals surface area contributed by atoms with Gasteiger partial charge in [0, 0.05) is 24.3 Å². The van der Waals surface area contributed by atoms with Crippen LogP contribution in [-0.2, 0) is 0 Å². The number of hydrogen-bond acceptors (Lipinski definition) is 3. The summed E-state index contributed by atoms with van der Waals surface area (Å²) in [7, 11) is 4.18. The highest BCUT2D eigenvalue weighted by molar-refractivity contribution is 5.57. The van der Waals surface area contributed by atoms with Gasteiger partial charge in [-0.1, -0.05) is 6.07 Å². The van der Waals surface area contributed by atoms with Crippen molar-refractivity contribution in [1.29, 1.82) is 0 Å². The van der Waals surface area contributed by atoms with E-state index in [1.54, 1.807) is 12.1 Å². The zero-order valence-electron chi connectivity index (χ0n) is 8.62. The molecule has 0 saturated heterocycles. The van der Waals surface area contributed by atoms with Crippen LogP contribution >= 0.6 is 0 Å². The van der Waals surface area contributed by atoms with Gasteiger partial charge in [-0.15, -0.1) is 0 Å². The predicted molar refractivity (Wildman–Crippen MR) is 57.6 cm³/mol. The quantitative estimate of drug-likeness (QED) is 0.712. The molecule has 3 nitrogen and oxygen atoms in total. The van der Waals surface area contributed by atoms with E-state index in [2.05, 4.69) is 24.3 Å². The maximum atomic E-state index is 9.36. The summed E-state index contributed by atoms with van der Waals surface area (Å²) in [6.45, 7) is 0.972. The summed E-state index contributed by atoms with van der Waals surface area (Å²) >= 11 is 0. The molecule has 1 aromatic carbocycles. The zero-order chi connectivity index (χ0) is 10.1. The molecule has 1 aliphatic rings. The van der Waals surface area contributed by atoms with Crippen LogP contribution < -0.4 is 5.32 Å². The van der Waals surface area contributed by atoms with E-state index in [-0.39, 0.29) is 0 Å². The van der Waals surface area contributed by atoms with Crippen LogP contribution in [0.1, 0.15) is 18.0 Å². The van der Waals surface area contributed by atoms with Crippen LogP contribution in [0.3, 0.4) is 0 Å². The fourth-order valence-corrected chi connectivity index (χ4v) is 2.02. The van der Waals surface area contributed by atoms with Crippen LogP contribution in [0.5, 0.6) is 5.75 Å². The lowest BCUT2D eigenvalue weighted by atomic mass is 9.97. The van der Waals surface area contributed by atoms with Crippen molar-refractivity contribution in [3.63, 3.8) is 0 Å². The Morgan fingerprint density at radius 2 is 2.21 bits per heavy atom. The zero-order valence-corrected chi connectivity index (χ0v) is 8.62. The Hall–Kier alpha value is -1.22. The number of rotatable bonds is 1. The molecular weight excluding hydrogens is 176 g/mol. The van der Waals surface area contributed by atoms with E-state index >= 15 is 0 Å². The maximum Gasteiger partial charge on any atom is 0.117 e. The van der Waals surface area contributed by atoms with Crippen molar-refractivity contribution in [2.45, 2.75) is 12.5 Å². The van der Waals surface area contributed by atoms with E-state index in [4.69, 9.17) is 0 Å². The SMILES string of the molecule is CN(C)C1CCNc2cc(O)ccc21. The molecule has 0 spiro atoms. The molecule has 1 aliphatic heterocycles. The van der Waals surface area contributed by atoms with Gasteiger partial charge in [-0.2, -0.15) is 0 Å². The number of benzene rings is 1. The van der Waals surface area contributed by atoms with Gasteiger partial charge in [0.15, 0.2) is 0 Å². The highest BCUT2D eigenvalue weighted by Gasteiger charge is 2.21. The summed E-state index contributed by atoms with van der Waals surface area (Å²) in [5, 5.41) is 12.7. The van der Waals surface area contributed by atoms with Gasteiger partial charge in [-0.05, 0) is 32.1 Å². The van der Waals surface area contributed by atoms with Crippen molar-refractivity contribution >= 4 is 5.69 Å². The molecule has 76 valence electrons. The molecule has 1 atom stereocenters. The summed E-state index contributed by atoms with van der Waals surface area (Å²) in [4.78, 5) is 2.22. The fourth-order valence-electron chi connectivity index (χ4n) is 2.02. The molecule has 0 aromatic heterocycles. The summed E-state index contributed by atoms with van der Waals surface area (Å²) in [6.07, 6.45) is 1.12. The minimum Gasteiger partial charge on any atom is -0.508 e. The Labute approximate surface area is 84.4 Å². The monoisotopic (exact) mass is 192 g/mol. The largest absolute Gasteiger partial charge is 0.508 e. The van der Waals surface area contributed by atoms with Crippen molar-refractivity contribution in [3.8, 4) is 5.75 Å². The lowest BCUT2D eigenvalue weighted by Crippen LogP contribution is -2.27. The van der Waals surface area contributed by atoms with Gasteiger partial charge in [0.05, 0.1) is 0 Å². The van der Waals surface area contributed by atoms with Crippen LogP contribution in [0.2, 0.25) is 0 Å². The number of nitrogens with one attached hydrogen (secondary N) is 1. The van der Waals surface area contributed by atoms with Crippen molar-refractivity contribution in [3.05, 3.63) is 23.8 Å². The molecule has 0 aliphatic carbocycles. The van der Waals surface area contributed by atoms with Gasteiger partial charge < -0.3 is 15.3 Å². The van der Waals surface area contributed by atoms with Gasteiger partial charge in [0.2, 0.25) is 0 Å². The fraction of sp³-hybridized carbons (Fsp3) is 0.455. The predicted octanol–water partition coefficient (Wildman–Crippen LogP) is 1.81. The Kier molecular flexibility index (Phi) is 2.33. The molecule has 0 radical (unpaired) electrons. The maximum absolute atomic E-state index is 9.36. The number of nitrogens with zero attached hydrogens (tertiary/aromatic N) is 1. The van der Waals surface area contributed by atoms with Crippen LogP contribution in [0.25, 0.3) is 0 Å². The highest BCUT2D eigenvalue weighted by Crippen LogP contribution is 2.34. The Morgan fingerprint density at radius 3 is 2.93 bits per heavy atom. The summed E-state index contributed by atoms with van der Waals surface area (Å²) in [6, 6.07) is 6.02. The number of anilines is 1. The Bertz CT molecular complexity index is 336. The molecule has 0 saturated carbocycles. The lowest BCUT2D eigenvalue weighted by molar-refractivity contribution is 0.284. The first-order valence-electron chi connectivity index (χ1n) is 4.91. The Morgan fingerprint density at radius 1 is 1.43 bits per heavy atom. The van der Waals surface area contributed by atoms with Crippen molar-refractivity contribution in [1.82, 2.24) is 4.90 Å². The molecule has 2 N–H and O–H groups in total. The lowest BCUT2D eigenvalue weighted by Gasteiger charge is -2.31. The summed E-state index contributed by atoms with van der Waals surface area (Å²) in [5.74, 6) is 0.329. The summed E-state index contributed by atoms with van der Waals surface area (Å²) in [5.41, 5.74) is 2.34. The van der Waals surface area contributed by atoms with Crippen LogP contribution in [0.15, 0.2) is 18.2 Å². The third kappa shape index (κ3) is 1.55. The Balaban J connectivity index is 2.40. The van der Waals surface area contributed by atoms with E-state index in [0.717, 1.165) is 18.7 Å². The first-order chi connectivity index (χ1) is 6.68. The molecule has 0 bridgehead atoms. The van der Waals surface area contributed by atoms with Gasteiger partial charge in [0.1, 0.15) is 5.75 Å². The molecule has 3 heteroatoms.